The van der Waals surface area contributed by atoms with E-state index in [4.69, 9.17) is 4.74 Å². The highest BCUT2D eigenvalue weighted by molar-refractivity contribution is 14.1. The molecule has 0 aliphatic heterocycles. The molecule has 26 heavy (non-hydrogen) atoms. The molecular weight excluding hydrogens is 458 g/mol. The van der Waals surface area contributed by atoms with Crippen LogP contribution in [0.1, 0.15) is 36.0 Å². The quantitative estimate of drug-likeness (QED) is 0.451. The Morgan fingerprint density at radius 1 is 1.15 bits per heavy atom. The third kappa shape index (κ3) is 4.07. The number of fused-ring (bicyclic) bond motifs is 1. The third-order valence-electron chi connectivity index (χ3n) is 4.92. The van der Waals surface area contributed by atoms with Gasteiger partial charge in [0.25, 0.3) is 0 Å². The molecule has 0 aromatic heterocycles. The van der Waals surface area contributed by atoms with E-state index >= 15 is 0 Å². The van der Waals surface area contributed by atoms with Crippen molar-refractivity contribution in [2.24, 2.45) is 5.92 Å². The first kappa shape index (κ1) is 19.3. The SMILES string of the molecule is COC(=O)c1ccc2c(I)c(NC3CCC(C(F)(F)F)CC3)ccc2c1. The molecule has 2 aromatic rings. The zero-order valence-electron chi connectivity index (χ0n) is 14.2. The minimum Gasteiger partial charge on any atom is -0.465 e. The number of esters is 1. The van der Waals surface area contributed by atoms with Crippen LogP contribution in [0.15, 0.2) is 30.3 Å². The number of rotatable bonds is 3. The van der Waals surface area contributed by atoms with Gasteiger partial charge in [-0.3, -0.25) is 0 Å². The van der Waals surface area contributed by atoms with E-state index in [9.17, 15) is 18.0 Å². The molecule has 3 rings (SSSR count). The minimum atomic E-state index is -4.08. The Kier molecular flexibility index (Phi) is 5.64. The molecule has 1 N–H and O–H groups in total. The van der Waals surface area contributed by atoms with Crippen LogP contribution in [0.4, 0.5) is 18.9 Å². The molecule has 0 unspecified atom stereocenters. The number of nitrogens with one attached hydrogen (secondary N) is 1. The molecule has 140 valence electrons. The zero-order valence-corrected chi connectivity index (χ0v) is 16.4. The number of halogens is 4. The first-order chi connectivity index (χ1) is 12.3. The Labute approximate surface area is 163 Å². The molecule has 0 radical (unpaired) electrons. The predicted octanol–water partition coefficient (Wildman–Crippen LogP) is 5.76. The summed E-state index contributed by atoms with van der Waals surface area (Å²) in [5.74, 6) is -1.56. The van der Waals surface area contributed by atoms with Crippen LogP contribution in [0, 0.1) is 9.49 Å². The summed E-state index contributed by atoms with van der Waals surface area (Å²) in [7, 11) is 1.34. The van der Waals surface area contributed by atoms with Gasteiger partial charge in [0.2, 0.25) is 0 Å². The Bertz CT molecular complexity index is 814. The van der Waals surface area contributed by atoms with Gasteiger partial charge in [0, 0.05) is 15.3 Å². The summed E-state index contributed by atoms with van der Waals surface area (Å²) in [4.78, 5) is 11.7. The maximum atomic E-state index is 12.8. The highest BCUT2D eigenvalue weighted by Gasteiger charge is 2.41. The molecule has 0 saturated heterocycles. The first-order valence-electron chi connectivity index (χ1n) is 8.43. The van der Waals surface area contributed by atoms with Gasteiger partial charge < -0.3 is 10.1 Å². The van der Waals surface area contributed by atoms with Crippen molar-refractivity contribution in [3.05, 3.63) is 39.5 Å². The number of hydrogen-bond donors (Lipinski definition) is 1. The molecular formula is C19H19F3INO2. The Morgan fingerprint density at radius 3 is 2.46 bits per heavy atom. The standard InChI is InChI=1S/C19H19F3INO2/c1-26-18(25)12-2-8-15-11(10-12)3-9-16(17(15)23)24-14-6-4-13(5-7-14)19(20,21)22/h2-3,8-10,13-14,24H,4-7H2,1H3. The molecule has 0 heterocycles. The highest BCUT2D eigenvalue weighted by atomic mass is 127. The van der Waals surface area contributed by atoms with Crippen molar-refractivity contribution in [2.45, 2.75) is 37.9 Å². The maximum absolute atomic E-state index is 12.8. The first-order valence-corrected chi connectivity index (χ1v) is 9.51. The second kappa shape index (κ2) is 7.62. The number of alkyl halides is 3. The van der Waals surface area contributed by atoms with Crippen molar-refractivity contribution in [1.82, 2.24) is 0 Å². The normalized spacial score (nSPS) is 20.8. The number of hydrogen-bond acceptors (Lipinski definition) is 3. The van der Waals surface area contributed by atoms with Gasteiger partial charge in [-0.2, -0.15) is 13.2 Å². The van der Waals surface area contributed by atoms with Crippen molar-refractivity contribution in [3.8, 4) is 0 Å². The number of carbonyl (C=O) groups excluding carboxylic acids is 1. The number of methoxy groups -OCH3 is 1. The lowest BCUT2D eigenvalue weighted by Gasteiger charge is -2.31. The molecule has 0 atom stereocenters. The fourth-order valence-electron chi connectivity index (χ4n) is 3.43. The second-order valence-electron chi connectivity index (χ2n) is 6.59. The van der Waals surface area contributed by atoms with Crippen LogP contribution in [0.25, 0.3) is 10.8 Å². The molecule has 2 aromatic carbocycles. The van der Waals surface area contributed by atoms with Crippen LogP contribution >= 0.6 is 22.6 Å². The monoisotopic (exact) mass is 477 g/mol. The molecule has 7 heteroatoms. The fraction of sp³-hybridized carbons (Fsp3) is 0.421. The van der Waals surface area contributed by atoms with E-state index in [1.54, 1.807) is 12.1 Å². The highest BCUT2D eigenvalue weighted by Crippen LogP contribution is 2.39. The third-order valence-corrected chi connectivity index (χ3v) is 6.09. The van der Waals surface area contributed by atoms with Crippen LogP contribution in [0.2, 0.25) is 0 Å². The minimum absolute atomic E-state index is 0.0499. The van der Waals surface area contributed by atoms with Crippen LogP contribution < -0.4 is 5.32 Å². The van der Waals surface area contributed by atoms with Gasteiger partial charge in [0.15, 0.2) is 0 Å². The molecule has 0 bridgehead atoms. The summed E-state index contributed by atoms with van der Waals surface area (Å²) >= 11 is 2.23. The maximum Gasteiger partial charge on any atom is 0.391 e. The molecule has 1 fully saturated rings. The summed E-state index contributed by atoms with van der Waals surface area (Å²) in [6.45, 7) is 0. The summed E-state index contributed by atoms with van der Waals surface area (Å²) in [5, 5.41) is 5.31. The Hall–Kier alpha value is -1.51. The molecule has 3 nitrogen and oxygen atoms in total. The Morgan fingerprint density at radius 2 is 1.85 bits per heavy atom. The molecule has 0 amide bonds. The van der Waals surface area contributed by atoms with Gasteiger partial charge in [0.05, 0.1) is 18.6 Å². The lowest BCUT2D eigenvalue weighted by atomic mass is 9.85. The lowest BCUT2D eigenvalue weighted by molar-refractivity contribution is -0.182. The van der Waals surface area contributed by atoms with Crippen LogP contribution in [0.5, 0.6) is 0 Å². The summed E-state index contributed by atoms with van der Waals surface area (Å²) < 4.78 is 44.1. The van der Waals surface area contributed by atoms with E-state index in [-0.39, 0.29) is 24.9 Å². The molecule has 0 spiro atoms. The second-order valence-corrected chi connectivity index (χ2v) is 7.67. The van der Waals surface area contributed by atoms with Crippen molar-refractivity contribution in [2.75, 3.05) is 12.4 Å². The number of anilines is 1. The van der Waals surface area contributed by atoms with Gasteiger partial charge in [-0.15, -0.1) is 0 Å². The van der Waals surface area contributed by atoms with E-state index < -0.39 is 12.1 Å². The number of carbonyl (C=O) groups is 1. The number of ether oxygens (including phenoxy) is 1. The lowest BCUT2D eigenvalue weighted by Crippen LogP contribution is -2.32. The molecule has 1 saturated carbocycles. The van der Waals surface area contributed by atoms with Gasteiger partial charge >= 0.3 is 12.1 Å². The molecule has 1 aliphatic carbocycles. The average Bonchev–Trinajstić information content (AvgIpc) is 2.63. The van der Waals surface area contributed by atoms with E-state index in [2.05, 4.69) is 27.9 Å². The largest absolute Gasteiger partial charge is 0.465 e. The van der Waals surface area contributed by atoms with Crippen LogP contribution in [-0.2, 0) is 4.74 Å². The summed E-state index contributed by atoms with van der Waals surface area (Å²) in [5.41, 5.74) is 1.40. The van der Waals surface area contributed by atoms with Crippen molar-refractivity contribution >= 4 is 45.0 Å². The van der Waals surface area contributed by atoms with E-state index in [0.29, 0.717) is 18.4 Å². The van der Waals surface area contributed by atoms with E-state index in [0.717, 1.165) is 20.0 Å². The predicted molar refractivity (Wildman–Crippen MR) is 103 cm³/mol. The summed E-state index contributed by atoms with van der Waals surface area (Å²) in [6.07, 6.45) is -2.71. The van der Waals surface area contributed by atoms with Gasteiger partial charge in [0.1, 0.15) is 0 Å². The van der Waals surface area contributed by atoms with Gasteiger partial charge in [-0.1, -0.05) is 12.1 Å². The van der Waals surface area contributed by atoms with Crippen molar-refractivity contribution in [3.63, 3.8) is 0 Å². The van der Waals surface area contributed by atoms with E-state index in [1.165, 1.54) is 7.11 Å². The smallest absolute Gasteiger partial charge is 0.391 e. The summed E-state index contributed by atoms with van der Waals surface area (Å²) in [6, 6.07) is 9.24. The van der Waals surface area contributed by atoms with Gasteiger partial charge in [-0.05, 0) is 77.2 Å². The van der Waals surface area contributed by atoms with E-state index in [1.807, 2.05) is 18.2 Å². The van der Waals surface area contributed by atoms with Crippen LogP contribution in [-0.4, -0.2) is 25.3 Å². The zero-order chi connectivity index (χ0) is 18.9. The fourth-order valence-corrected chi connectivity index (χ4v) is 4.26. The Balaban J connectivity index is 1.75. The van der Waals surface area contributed by atoms with Crippen molar-refractivity contribution in [1.29, 1.82) is 0 Å². The van der Waals surface area contributed by atoms with Crippen molar-refractivity contribution < 1.29 is 22.7 Å². The topological polar surface area (TPSA) is 38.3 Å². The molecule has 1 aliphatic rings. The number of benzene rings is 2. The average molecular weight is 477 g/mol. The van der Waals surface area contributed by atoms with Crippen LogP contribution in [0.3, 0.4) is 0 Å². The van der Waals surface area contributed by atoms with Gasteiger partial charge in [-0.25, -0.2) is 4.79 Å².